The molecule has 10 nitrogen and oxygen atoms in total. The van der Waals surface area contributed by atoms with Gasteiger partial charge in [0, 0.05) is 41.6 Å². The van der Waals surface area contributed by atoms with Crippen molar-refractivity contribution in [1.82, 2.24) is 14.9 Å². The third kappa shape index (κ3) is 5.29. The molecule has 2 aliphatic rings. The number of hydrogen-bond acceptors (Lipinski definition) is 7. The fourth-order valence-electron chi connectivity index (χ4n) is 6.48. The zero-order chi connectivity index (χ0) is 34.2. The number of nitrogens with one attached hydrogen (secondary N) is 1. The molecular formula is C36H30F2N4O6S. The quantitative estimate of drug-likeness (QED) is 0.189. The van der Waals surface area contributed by atoms with Crippen LogP contribution in [0, 0.1) is 11.6 Å². The Morgan fingerprint density at radius 1 is 1.06 bits per heavy atom. The van der Waals surface area contributed by atoms with Crippen LogP contribution in [0.1, 0.15) is 29.6 Å². The van der Waals surface area contributed by atoms with Crippen LogP contribution in [0.15, 0.2) is 77.2 Å². The summed E-state index contributed by atoms with van der Waals surface area (Å²) in [5.41, 5.74) is 2.51. The normalized spacial score (nSPS) is 14.7. The minimum atomic E-state index is -3.92. The second-order valence-electron chi connectivity index (χ2n) is 12.5. The van der Waals surface area contributed by atoms with Crippen LogP contribution < -0.4 is 14.4 Å². The molecule has 250 valence electrons. The molecule has 1 aliphatic carbocycles. The fraction of sp³-hybridized carbons (Fsp3) is 0.222. The molecule has 3 aromatic carbocycles. The van der Waals surface area contributed by atoms with Crippen LogP contribution in [0.4, 0.5) is 14.5 Å². The number of rotatable bonds is 8. The lowest BCUT2D eigenvalue weighted by molar-refractivity contribution is 0.0964. The van der Waals surface area contributed by atoms with Gasteiger partial charge in [-0.05, 0) is 79.9 Å². The monoisotopic (exact) mass is 684 g/mol. The predicted molar refractivity (Wildman–Crippen MR) is 181 cm³/mol. The van der Waals surface area contributed by atoms with E-state index in [9.17, 15) is 27.1 Å². The molecule has 0 unspecified atom stereocenters. The number of hydrogen-bond donors (Lipinski definition) is 2. The van der Waals surface area contributed by atoms with Crippen molar-refractivity contribution >= 4 is 43.5 Å². The number of halogens is 2. The summed E-state index contributed by atoms with van der Waals surface area (Å²) in [5.74, 6) is -0.674. The Morgan fingerprint density at radius 3 is 2.55 bits per heavy atom. The molecule has 0 spiro atoms. The van der Waals surface area contributed by atoms with Gasteiger partial charge in [0.1, 0.15) is 34.4 Å². The lowest BCUT2D eigenvalue weighted by atomic mass is 10.00. The van der Waals surface area contributed by atoms with Crippen LogP contribution in [0.5, 0.6) is 5.75 Å². The van der Waals surface area contributed by atoms with E-state index in [1.54, 1.807) is 42.5 Å². The van der Waals surface area contributed by atoms with E-state index in [0.29, 0.717) is 63.1 Å². The first kappa shape index (κ1) is 31.0. The molecule has 0 bridgehead atoms. The number of benzene rings is 3. The maximum absolute atomic E-state index is 14.8. The lowest BCUT2D eigenvalue weighted by Crippen LogP contribution is -2.33. The number of carbonyl (C=O) groups excluding carboxylic acids is 1. The molecule has 1 amide bonds. The highest BCUT2D eigenvalue weighted by Crippen LogP contribution is 2.45. The van der Waals surface area contributed by atoms with Gasteiger partial charge in [-0.15, -0.1) is 0 Å². The standard InChI is InChI=1S/C36H30F2N4O6S/c1-39-35(43)32-24-16-23(26-10-11-30-33(40-26)29-17-22-25(38)4-3-5-27(22)41(29)19-47-30)28(42(49(2,45)46)15-14-36(44)12-13-36)18-31(24)48-34(32)20-6-8-21(37)9-7-20/h3-11,16-18,44H,12-15,19H2,1-2H3,(H,39,43). The van der Waals surface area contributed by atoms with Crippen LogP contribution in [0.25, 0.3) is 55.8 Å². The zero-order valence-electron chi connectivity index (χ0n) is 26.5. The van der Waals surface area contributed by atoms with E-state index >= 15 is 0 Å². The number of aromatic nitrogens is 2. The van der Waals surface area contributed by atoms with Crippen LogP contribution >= 0.6 is 0 Å². The minimum absolute atomic E-state index is 0.0246. The van der Waals surface area contributed by atoms with Crippen LogP contribution in [0.2, 0.25) is 0 Å². The number of fused-ring (bicyclic) bond motifs is 6. The Balaban J connectivity index is 1.38. The molecule has 13 heteroatoms. The van der Waals surface area contributed by atoms with E-state index in [4.69, 9.17) is 14.1 Å². The number of amides is 1. The van der Waals surface area contributed by atoms with Crippen LogP contribution in [0.3, 0.4) is 0 Å². The minimum Gasteiger partial charge on any atom is -0.470 e. The number of pyridine rings is 1. The van der Waals surface area contributed by atoms with Gasteiger partial charge in [-0.3, -0.25) is 9.10 Å². The summed E-state index contributed by atoms with van der Waals surface area (Å²) in [6.07, 6.45) is 2.44. The first-order valence-corrected chi connectivity index (χ1v) is 17.5. The van der Waals surface area contributed by atoms with Crippen molar-refractivity contribution in [3.8, 4) is 39.7 Å². The largest absolute Gasteiger partial charge is 0.470 e. The first-order chi connectivity index (χ1) is 23.4. The number of ether oxygens (including phenoxy) is 1. The molecule has 1 saturated carbocycles. The van der Waals surface area contributed by atoms with Gasteiger partial charge < -0.3 is 24.1 Å². The fourth-order valence-corrected chi connectivity index (χ4v) is 7.41. The Labute approximate surface area is 279 Å². The predicted octanol–water partition coefficient (Wildman–Crippen LogP) is 6.45. The van der Waals surface area contributed by atoms with Gasteiger partial charge in [-0.1, -0.05) is 6.07 Å². The van der Waals surface area contributed by atoms with Gasteiger partial charge >= 0.3 is 0 Å². The van der Waals surface area contributed by atoms with Crippen molar-refractivity contribution in [2.45, 2.75) is 31.6 Å². The topological polar surface area (TPSA) is 127 Å². The number of furan rings is 1. The molecule has 1 aliphatic heterocycles. The number of nitrogens with zero attached hydrogens (tertiary/aromatic N) is 3. The van der Waals surface area contributed by atoms with E-state index in [1.807, 2.05) is 4.57 Å². The van der Waals surface area contributed by atoms with E-state index in [1.165, 1.54) is 41.7 Å². The molecular weight excluding hydrogens is 654 g/mol. The molecule has 8 rings (SSSR count). The molecule has 0 saturated heterocycles. The van der Waals surface area contributed by atoms with Gasteiger partial charge in [0.2, 0.25) is 10.0 Å². The maximum atomic E-state index is 14.8. The number of anilines is 1. The van der Waals surface area contributed by atoms with Crippen molar-refractivity contribution in [1.29, 1.82) is 0 Å². The molecule has 49 heavy (non-hydrogen) atoms. The van der Waals surface area contributed by atoms with E-state index in [2.05, 4.69) is 5.32 Å². The highest BCUT2D eigenvalue weighted by molar-refractivity contribution is 7.92. The van der Waals surface area contributed by atoms with Crippen molar-refractivity contribution < 1.29 is 36.3 Å². The van der Waals surface area contributed by atoms with Crippen molar-refractivity contribution in [3.63, 3.8) is 0 Å². The van der Waals surface area contributed by atoms with Gasteiger partial charge in [-0.2, -0.15) is 0 Å². The molecule has 3 aromatic heterocycles. The molecule has 1 fully saturated rings. The first-order valence-electron chi connectivity index (χ1n) is 15.7. The van der Waals surface area contributed by atoms with Gasteiger partial charge in [0.15, 0.2) is 6.73 Å². The maximum Gasteiger partial charge on any atom is 0.255 e. The van der Waals surface area contributed by atoms with Crippen molar-refractivity contribution in [2.75, 3.05) is 24.2 Å². The summed E-state index contributed by atoms with van der Waals surface area (Å²) in [5, 5.41) is 14.1. The number of aliphatic hydroxyl groups is 1. The summed E-state index contributed by atoms with van der Waals surface area (Å²) in [4.78, 5) is 18.4. The van der Waals surface area contributed by atoms with E-state index < -0.39 is 27.3 Å². The number of sulfonamides is 1. The average molecular weight is 685 g/mol. The molecule has 0 radical (unpaired) electrons. The molecule has 0 atom stereocenters. The molecule has 4 heterocycles. The summed E-state index contributed by atoms with van der Waals surface area (Å²) in [7, 11) is -2.44. The SMILES string of the molecule is CNC(=O)c1c(-c2ccc(F)cc2)oc2cc(N(CCC3(O)CC3)S(C)(=O)=O)c(-c3ccc4c(n3)-c3cc5c(F)cccc5n3CO4)cc12. The second-order valence-corrected chi connectivity index (χ2v) is 14.4. The van der Waals surface area contributed by atoms with Gasteiger partial charge in [-0.25, -0.2) is 22.2 Å². The third-order valence-corrected chi connectivity index (χ3v) is 10.4. The Bertz CT molecular complexity index is 2430. The Morgan fingerprint density at radius 2 is 1.84 bits per heavy atom. The smallest absolute Gasteiger partial charge is 0.255 e. The molecule has 6 aromatic rings. The number of carbonyl (C=O) groups is 1. The Kier molecular flexibility index (Phi) is 7.05. The van der Waals surface area contributed by atoms with Crippen molar-refractivity contribution in [3.05, 3.63) is 90.0 Å². The highest BCUT2D eigenvalue weighted by atomic mass is 32.2. The Hall–Kier alpha value is -5.27. The highest BCUT2D eigenvalue weighted by Gasteiger charge is 2.41. The molecule has 2 N–H and O–H groups in total. The van der Waals surface area contributed by atoms with E-state index in [0.717, 1.165) is 6.26 Å². The van der Waals surface area contributed by atoms with Gasteiger partial charge in [0.25, 0.3) is 5.91 Å². The van der Waals surface area contributed by atoms with Gasteiger partial charge in [0.05, 0.1) is 40.0 Å². The summed E-state index contributed by atoms with van der Waals surface area (Å²) in [6.45, 7) is 0.123. The zero-order valence-corrected chi connectivity index (χ0v) is 27.3. The second kappa shape index (κ2) is 11.1. The van der Waals surface area contributed by atoms with Crippen LogP contribution in [-0.2, 0) is 16.8 Å². The summed E-state index contributed by atoms with van der Waals surface area (Å²) >= 11 is 0. The average Bonchev–Trinajstić information content (AvgIpc) is 3.51. The summed E-state index contributed by atoms with van der Waals surface area (Å²) < 4.78 is 70.8. The van der Waals surface area contributed by atoms with Crippen LogP contribution in [-0.4, -0.2) is 54.4 Å². The summed E-state index contributed by atoms with van der Waals surface area (Å²) in [6, 6.07) is 18.6. The lowest BCUT2D eigenvalue weighted by Gasteiger charge is -2.26. The van der Waals surface area contributed by atoms with E-state index in [-0.39, 0.29) is 48.1 Å². The third-order valence-electron chi connectivity index (χ3n) is 9.26. The van der Waals surface area contributed by atoms with Crippen molar-refractivity contribution in [2.24, 2.45) is 0 Å².